The zero-order valence-electron chi connectivity index (χ0n) is 11.8. The van der Waals surface area contributed by atoms with Crippen LogP contribution >= 0.6 is 0 Å². The number of aryl methyl sites for hydroxylation is 2. The Labute approximate surface area is 120 Å². The van der Waals surface area contributed by atoms with E-state index in [0.29, 0.717) is 6.42 Å². The Balaban J connectivity index is 1.82. The van der Waals surface area contributed by atoms with E-state index in [1.54, 1.807) is 0 Å². The molecule has 1 heterocycles. The Morgan fingerprint density at radius 3 is 2.60 bits per heavy atom. The standard InChI is InChI=1S/C17H23NO2/c19-12-4-7-17-15(10-11-18-17)13-16(20)9-8-14-5-2-1-3-6-14/h1-3,5-6,10-11,16,18-20H,4,7-9,12-13H2. The van der Waals surface area contributed by atoms with Gasteiger partial charge in [-0.05, 0) is 42.9 Å². The van der Waals surface area contributed by atoms with E-state index in [-0.39, 0.29) is 12.7 Å². The van der Waals surface area contributed by atoms with Crippen molar-refractivity contribution in [3.8, 4) is 0 Å². The maximum atomic E-state index is 10.2. The summed E-state index contributed by atoms with van der Waals surface area (Å²) < 4.78 is 0. The molecule has 1 unspecified atom stereocenters. The number of aliphatic hydroxyl groups is 2. The molecule has 0 saturated heterocycles. The van der Waals surface area contributed by atoms with Crippen molar-refractivity contribution < 1.29 is 10.2 Å². The number of nitrogens with one attached hydrogen (secondary N) is 1. The first-order valence-corrected chi connectivity index (χ1v) is 7.27. The van der Waals surface area contributed by atoms with E-state index in [0.717, 1.165) is 31.4 Å². The van der Waals surface area contributed by atoms with E-state index in [4.69, 9.17) is 5.11 Å². The predicted octanol–water partition coefficient (Wildman–Crippen LogP) is 2.48. The number of hydrogen-bond donors (Lipinski definition) is 3. The average Bonchev–Trinajstić information content (AvgIpc) is 2.91. The van der Waals surface area contributed by atoms with Crippen LogP contribution in [0.1, 0.15) is 29.7 Å². The number of aliphatic hydroxyl groups excluding tert-OH is 2. The second kappa shape index (κ2) is 7.88. The lowest BCUT2D eigenvalue weighted by atomic mass is 10.0. The molecule has 108 valence electrons. The maximum absolute atomic E-state index is 10.2. The van der Waals surface area contributed by atoms with Gasteiger partial charge in [0.15, 0.2) is 0 Å². The van der Waals surface area contributed by atoms with Gasteiger partial charge in [-0.25, -0.2) is 0 Å². The van der Waals surface area contributed by atoms with Gasteiger partial charge >= 0.3 is 0 Å². The third-order valence-electron chi connectivity index (χ3n) is 3.58. The molecule has 0 spiro atoms. The lowest BCUT2D eigenvalue weighted by molar-refractivity contribution is 0.165. The highest BCUT2D eigenvalue weighted by atomic mass is 16.3. The molecule has 0 radical (unpaired) electrons. The predicted molar refractivity (Wildman–Crippen MR) is 80.7 cm³/mol. The van der Waals surface area contributed by atoms with Gasteiger partial charge in [-0.1, -0.05) is 30.3 Å². The van der Waals surface area contributed by atoms with Crippen molar-refractivity contribution in [2.75, 3.05) is 6.61 Å². The van der Waals surface area contributed by atoms with Crippen molar-refractivity contribution in [2.45, 2.75) is 38.2 Å². The Bertz CT molecular complexity index is 493. The van der Waals surface area contributed by atoms with Crippen LogP contribution in [0.4, 0.5) is 0 Å². The van der Waals surface area contributed by atoms with Crippen LogP contribution < -0.4 is 0 Å². The third kappa shape index (κ3) is 4.51. The largest absolute Gasteiger partial charge is 0.396 e. The van der Waals surface area contributed by atoms with Gasteiger partial charge in [0.2, 0.25) is 0 Å². The quantitative estimate of drug-likeness (QED) is 0.692. The molecule has 3 N–H and O–H groups in total. The summed E-state index contributed by atoms with van der Waals surface area (Å²) in [6.45, 7) is 0.203. The molecule has 0 saturated carbocycles. The summed E-state index contributed by atoms with van der Waals surface area (Å²) >= 11 is 0. The van der Waals surface area contributed by atoms with Gasteiger partial charge in [-0.2, -0.15) is 0 Å². The minimum absolute atomic E-state index is 0.203. The molecule has 1 atom stereocenters. The second-order valence-corrected chi connectivity index (χ2v) is 5.19. The Hall–Kier alpha value is -1.58. The smallest absolute Gasteiger partial charge is 0.0584 e. The number of aromatic amines is 1. The van der Waals surface area contributed by atoms with Crippen LogP contribution in [-0.2, 0) is 19.3 Å². The van der Waals surface area contributed by atoms with Crippen molar-refractivity contribution >= 4 is 0 Å². The van der Waals surface area contributed by atoms with Crippen molar-refractivity contribution in [3.05, 3.63) is 59.4 Å². The fraction of sp³-hybridized carbons (Fsp3) is 0.412. The van der Waals surface area contributed by atoms with Gasteiger partial charge in [0.05, 0.1) is 6.10 Å². The van der Waals surface area contributed by atoms with E-state index >= 15 is 0 Å². The van der Waals surface area contributed by atoms with Crippen LogP contribution in [0.5, 0.6) is 0 Å². The van der Waals surface area contributed by atoms with Crippen LogP contribution in [0.3, 0.4) is 0 Å². The summed E-state index contributed by atoms with van der Waals surface area (Å²) in [6.07, 6.45) is 5.53. The van der Waals surface area contributed by atoms with Crippen molar-refractivity contribution in [2.24, 2.45) is 0 Å². The summed E-state index contributed by atoms with van der Waals surface area (Å²) in [7, 11) is 0. The fourth-order valence-corrected chi connectivity index (χ4v) is 2.45. The third-order valence-corrected chi connectivity index (χ3v) is 3.58. The molecule has 2 rings (SSSR count). The van der Waals surface area contributed by atoms with Crippen LogP contribution in [0.25, 0.3) is 0 Å². The number of hydrogen-bond acceptors (Lipinski definition) is 2. The van der Waals surface area contributed by atoms with E-state index in [1.165, 1.54) is 11.1 Å². The summed E-state index contributed by atoms with van der Waals surface area (Å²) in [5.74, 6) is 0. The zero-order valence-corrected chi connectivity index (χ0v) is 11.8. The Morgan fingerprint density at radius 1 is 1.05 bits per heavy atom. The first kappa shape index (κ1) is 14.8. The van der Waals surface area contributed by atoms with Gasteiger partial charge in [0, 0.05) is 24.9 Å². The van der Waals surface area contributed by atoms with Crippen molar-refractivity contribution in [3.63, 3.8) is 0 Å². The molecular weight excluding hydrogens is 250 g/mol. The monoisotopic (exact) mass is 273 g/mol. The first-order valence-electron chi connectivity index (χ1n) is 7.27. The molecule has 20 heavy (non-hydrogen) atoms. The molecule has 0 bridgehead atoms. The summed E-state index contributed by atoms with van der Waals surface area (Å²) in [5, 5.41) is 19.1. The zero-order chi connectivity index (χ0) is 14.2. The van der Waals surface area contributed by atoms with E-state index in [2.05, 4.69) is 17.1 Å². The highest BCUT2D eigenvalue weighted by molar-refractivity contribution is 5.22. The highest BCUT2D eigenvalue weighted by Gasteiger charge is 2.10. The number of H-pyrrole nitrogens is 1. The first-order chi connectivity index (χ1) is 9.79. The Morgan fingerprint density at radius 2 is 1.85 bits per heavy atom. The van der Waals surface area contributed by atoms with Gasteiger partial charge in [0.1, 0.15) is 0 Å². The molecule has 3 heteroatoms. The van der Waals surface area contributed by atoms with Gasteiger partial charge in [-0.3, -0.25) is 0 Å². The molecule has 1 aromatic carbocycles. The topological polar surface area (TPSA) is 56.2 Å². The summed E-state index contributed by atoms with van der Waals surface area (Å²) in [5.41, 5.74) is 3.57. The SMILES string of the molecule is OCCCc1[nH]ccc1CC(O)CCc1ccccc1. The molecule has 3 nitrogen and oxygen atoms in total. The molecule has 1 aromatic heterocycles. The van der Waals surface area contributed by atoms with Crippen LogP contribution in [0.2, 0.25) is 0 Å². The molecule has 0 aliphatic carbocycles. The van der Waals surface area contributed by atoms with Crippen LogP contribution in [-0.4, -0.2) is 27.9 Å². The molecule has 0 amide bonds. The van der Waals surface area contributed by atoms with E-state index in [9.17, 15) is 5.11 Å². The van der Waals surface area contributed by atoms with E-state index in [1.807, 2.05) is 30.5 Å². The molecule has 0 fully saturated rings. The van der Waals surface area contributed by atoms with Crippen LogP contribution in [0.15, 0.2) is 42.6 Å². The molecule has 0 aliphatic rings. The summed E-state index contributed by atoms with van der Waals surface area (Å²) in [4.78, 5) is 3.20. The number of rotatable bonds is 8. The normalized spacial score (nSPS) is 12.5. The minimum Gasteiger partial charge on any atom is -0.396 e. The van der Waals surface area contributed by atoms with E-state index < -0.39 is 0 Å². The fourth-order valence-electron chi connectivity index (χ4n) is 2.45. The molecule has 0 aliphatic heterocycles. The number of aromatic nitrogens is 1. The number of benzene rings is 1. The Kier molecular flexibility index (Phi) is 5.84. The van der Waals surface area contributed by atoms with Crippen molar-refractivity contribution in [1.29, 1.82) is 0 Å². The van der Waals surface area contributed by atoms with Gasteiger partial charge < -0.3 is 15.2 Å². The molecule has 2 aromatic rings. The van der Waals surface area contributed by atoms with Gasteiger partial charge in [-0.15, -0.1) is 0 Å². The highest BCUT2D eigenvalue weighted by Crippen LogP contribution is 2.14. The lowest BCUT2D eigenvalue weighted by Gasteiger charge is -2.11. The van der Waals surface area contributed by atoms with Crippen LogP contribution in [0, 0.1) is 0 Å². The van der Waals surface area contributed by atoms with Crippen molar-refractivity contribution in [1.82, 2.24) is 4.98 Å². The summed E-state index contributed by atoms with van der Waals surface area (Å²) in [6, 6.07) is 12.3. The minimum atomic E-state index is -0.320. The lowest BCUT2D eigenvalue weighted by Crippen LogP contribution is -2.12. The second-order valence-electron chi connectivity index (χ2n) is 5.19. The maximum Gasteiger partial charge on any atom is 0.0584 e. The molecular formula is C17H23NO2. The average molecular weight is 273 g/mol. The van der Waals surface area contributed by atoms with Gasteiger partial charge in [0.25, 0.3) is 0 Å².